The first kappa shape index (κ1) is 25.4. The number of sulfonamides is 1. The molecule has 2 aromatic carbocycles. The van der Waals surface area contributed by atoms with Crippen molar-refractivity contribution >= 4 is 27.0 Å². The Labute approximate surface area is 221 Å². The summed E-state index contributed by atoms with van der Waals surface area (Å²) in [4.78, 5) is 10.3. The number of benzene rings is 2. The third-order valence-corrected chi connectivity index (χ3v) is 9.29. The van der Waals surface area contributed by atoms with Gasteiger partial charge in [0.25, 0.3) is 0 Å². The van der Waals surface area contributed by atoms with Gasteiger partial charge in [0.2, 0.25) is 10.0 Å². The van der Waals surface area contributed by atoms with Crippen LogP contribution in [0.4, 0.5) is 5.69 Å². The Morgan fingerprint density at radius 1 is 0.973 bits per heavy atom. The maximum absolute atomic E-state index is 13.2. The number of ether oxygens (including phenoxy) is 1. The van der Waals surface area contributed by atoms with E-state index in [1.165, 1.54) is 0 Å². The minimum atomic E-state index is -3.49. The van der Waals surface area contributed by atoms with Crippen molar-refractivity contribution in [2.75, 3.05) is 20.2 Å². The lowest BCUT2D eigenvalue weighted by molar-refractivity contribution is 0.415. The summed E-state index contributed by atoms with van der Waals surface area (Å²) in [5.41, 5.74) is 3.79. The first-order chi connectivity index (χ1) is 18.0. The van der Waals surface area contributed by atoms with E-state index in [0.29, 0.717) is 24.5 Å². The van der Waals surface area contributed by atoms with Gasteiger partial charge < -0.3 is 9.30 Å². The minimum absolute atomic E-state index is 0.343. The molecule has 0 atom stereocenters. The molecule has 0 bridgehead atoms. The van der Waals surface area contributed by atoms with Gasteiger partial charge >= 0.3 is 0 Å². The maximum atomic E-state index is 13.2. The Hall–Kier alpha value is -3.27. The van der Waals surface area contributed by atoms with Crippen LogP contribution < -0.4 is 9.54 Å². The average molecular weight is 535 g/mol. The molecule has 7 nitrogen and oxygen atoms in total. The van der Waals surface area contributed by atoms with Gasteiger partial charge in [-0.05, 0) is 66.4 Å². The van der Waals surface area contributed by atoms with E-state index < -0.39 is 10.0 Å². The molecule has 0 saturated carbocycles. The largest absolute Gasteiger partial charge is 0.497 e. The van der Waals surface area contributed by atoms with Gasteiger partial charge in [-0.3, -0.25) is 4.98 Å². The van der Waals surface area contributed by atoms with E-state index in [2.05, 4.69) is 14.9 Å². The molecule has 0 radical (unpaired) electrons. The molecule has 1 aliphatic rings. The summed E-state index contributed by atoms with van der Waals surface area (Å²) in [7, 11) is -1.85. The number of methoxy groups -OCH3 is 1. The Kier molecular flexibility index (Phi) is 7.83. The smallest absolute Gasteiger partial charge is 0.243 e. The Bertz CT molecular complexity index is 1490. The minimum Gasteiger partial charge on any atom is -0.497 e. The second-order valence-corrected chi connectivity index (χ2v) is 11.8. The molecule has 0 spiro atoms. The fraction of sp³-hybridized carbons (Fsp3) is 0.286. The highest BCUT2D eigenvalue weighted by molar-refractivity contribution is 7.89. The number of thiazole rings is 1. The lowest BCUT2D eigenvalue weighted by Gasteiger charge is -2.20. The fourth-order valence-corrected chi connectivity index (χ4v) is 6.92. The summed E-state index contributed by atoms with van der Waals surface area (Å²) in [6, 6.07) is 18.8. The molecule has 0 unspecified atom stereocenters. The molecule has 3 heterocycles. The van der Waals surface area contributed by atoms with Crippen LogP contribution in [0.3, 0.4) is 0 Å². The van der Waals surface area contributed by atoms with E-state index in [1.807, 2.05) is 54.7 Å². The number of nitrogens with zero attached hydrogens (tertiary/aromatic N) is 4. The molecule has 2 aromatic heterocycles. The summed E-state index contributed by atoms with van der Waals surface area (Å²) in [6.07, 6.45) is 7.62. The molecule has 1 fully saturated rings. The van der Waals surface area contributed by atoms with Crippen molar-refractivity contribution in [1.82, 2.24) is 13.9 Å². The quantitative estimate of drug-likeness (QED) is 0.315. The van der Waals surface area contributed by atoms with Crippen LogP contribution in [0.5, 0.6) is 5.75 Å². The zero-order valence-electron chi connectivity index (χ0n) is 20.8. The van der Waals surface area contributed by atoms with Crippen LogP contribution in [-0.2, 0) is 16.6 Å². The van der Waals surface area contributed by atoms with Crippen LogP contribution >= 0.6 is 11.3 Å². The monoisotopic (exact) mass is 534 g/mol. The molecule has 1 aliphatic heterocycles. The van der Waals surface area contributed by atoms with Crippen molar-refractivity contribution in [3.8, 4) is 17.0 Å². The summed E-state index contributed by atoms with van der Waals surface area (Å²) >= 11 is 1.55. The van der Waals surface area contributed by atoms with Crippen LogP contribution in [0.1, 0.15) is 31.2 Å². The molecule has 5 rings (SSSR count). The van der Waals surface area contributed by atoms with Crippen LogP contribution in [0.25, 0.3) is 11.3 Å². The van der Waals surface area contributed by atoms with Crippen LogP contribution in [0, 0.1) is 0 Å². The molecule has 9 heteroatoms. The predicted octanol–water partition coefficient (Wildman–Crippen LogP) is 5.47. The Morgan fingerprint density at radius 3 is 2.35 bits per heavy atom. The predicted molar refractivity (Wildman–Crippen MR) is 147 cm³/mol. The van der Waals surface area contributed by atoms with Crippen molar-refractivity contribution < 1.29 is 13.2 Å². The summed E-state index contributed by atoms with van der Waals surface area (Å²) < 4.78 is 35.5. The standard InChI is InChI=1S/C28H30N4O3S2/c1-35-25-12-10-24(11-13-25)30-28-32(20-22-7-6-16-29-19-22)27(21-36-28)23-8-14-26(15-9-23)37(33,34)31-17-4-2-3-5-18-31/h6-16,19,21H,2-5,17-18,20H2,1H3. The summed E-state index contributed by atoms with van der Waals surface area (Å²) in [5.74, 6) is 0.782. The summed E-state index contributed by atoms with van der Waals surface area (Å²) in [6.45, 7) is 1.78. The van der Waals surface area contributed by atoms with Crippen molar-refractivity contribution in [1.29, 1.82) is 0 Å². The normalized spacial score (nSPS) is 15.4. The molecule has 1 saturated heterocycles. The third kappa shape index (κ3) is 5.84. The van der Waals surface area contributed by atoms with Gasteiger partial charge in [0.15, 0.2) is 4.80 Å². The SMILES string of the molecule is COc1ccc(N=c2scc(-c3ccc(S(=O)(=O)N4CCCCCC4)cc3)n2Cc2cccnc2)cc1. The number of hydrogen-bond acceptors (Lipinski definition) is 6. The molecule has 0 N–H and O–H groups in total. The number of pyridine rings is 1. The van der Waals surface area contributed by atoms with Gasteiger partial charge in [-0.1, -0.05) is 31.0 Å². The van der Waals surface area contributed by atoms with Crippen molar-refractivity contribution in [3.63, 3.8) is 0 Å². The van der Waals surface area contributed by atoms with Gasteiger partial charge in [-0.2, -0.15) is 4.31 Å². The lowest BCUT2D eigenvalue weighted by Crippen LogP contribution is -2.31. The highest BCUT2D eigenvalue weighted by Gasteiger charge is 2.25. The molecule has 4 aromatic rings. The third-order valence-electron chi connectivity index (χ3n) is 6.51. The van der Waals surface area contributed by atoms with E-state index in [4.69, 9.17) is 9.73 Å². The Balaban J connectivity index is 1.51. The van der Waals surface area contributed by atoms with Crippen molar-refractivity contribution in [2.45, 2.75) is 37.1 Å². The van der Waals surface area contributed by atoms with E-state index in [0.717, 1.165) is 58.7 Å². The van der Waals surface area contributed by atoms with Crippen molar-refractivity contribution in [2.24, 2.45) is 4.99 Å². The van der Waals surface area contributed by atoms with Gasteiger partial charge in [-0.15, -0.1) is 11.3 Å². The number of aromatic nitrogens is 2. The van der Waals surface area contributed by atoms with Crippen LogP contribution in [0.15, 0.2) is 88.3 Å². The van der Waals surface area contributed by atoms with Gasteiger partial charge in [-0.25, -0.2) is 13.4 Å². The van der Waals surface area contributed by atoms with E-state index in [-0.39, 0.29) is 0 Å². The Morgan fingerprint density at radius 2 is 1.70 bits per heavy atom. The highest BCUT2D eigenvalue weighted by atomic mass is 32.2. The molecule has 0 amide bonds. The lowest BCUT2D eigenvalue weighted by atomic mass is 10.1. The van der Waals surface area contributed by atoms with Crippen LogP contribution in [-0.4, -0.2) is 42.5 Å². The van der Waals surface area contributed by atoms with Crippen molar-refractivity contribution in [3.05, 3.63) is 88.8 Å². The van der Waals surface area contributed by atoms with Gasteiger partial charge in [0, 0.05) is 30.9 Å². The molecule has 37 heavy (non-hydrogen) atoms. The number of hydrogen-bond donors (Lipinski definition) is 0. The highest BCUT2D eigenvalue weighted by Crippen LogP contribution is 2.26. The first-order valence-corrected chi connectivity index (χ1v) is 14.7. The zero-order chi connectivity index (χ0) is 25.7. The van der Waals surface area contributed by atoms with E-state index >= 15 is 0 Å². The molecular formula is C28H30N4O3S2. The first-order valence-electron chi connectivity index (χ1n) is 12.4. The zero-order valence-corrected chi connectivity index (χ0v) is 22.4. The second kappa shape index (κ2) is 11.4. The van der Waals surface area contributed by atoms with Gasteiger partial charge in [0.1, 0.15) is 5.75 Å². The second-order valence-electron chi connectivity index (χ2n) is 9.00. The van der Waals surface area contributed by atoms with E-state index in [9.17, 15) is 8.42 Å². The maximum Gasteiger partial charge on any atom is 0.243 e. The molecule has 192 valence electrons. The number of rotatable bonds is 7. The average Bonchev–Trinajstić information content (AvgIpc) is 3.12. The van der Waals surface area contributed by atoms with Crippen LogP contribution in [0.2, 0.25) is 0 Å². The topological polar surface area (TPSA) is 76.8 Å². The summed E-state index contributed by atoms with van der Waals surface area (Å²) in [5, 5.41) is 2.07. The molecular weight excluding hydrogens is 504 g/mol. The van der Waals surface area contributed by atoms with Gasteiger partial charge in [0.05, 0.1) is 29.9 Å². The fourth-order valence-electron chi connectivity index (χ4n) is 4.47. The molecule has 0 aliphatic carbocycles. The van der Waals surface area contributed by atoms with E-state index in [1.54, 1.807) is 41.1 Å².